The normalized spacial score (nSPS) is 10.1. The highest BCUT2D eigenvalue weighted by atomic mass is 79.9. The lowest BCUT2D eigenvalue weighted by atomic mass is 10.1. The molecule has 0 radical (unpaired) electrons. The van der Waals surface area contributed by atoms with E-state index in [1.54, 1.807) is 13.0 Å². The van der Waals surface area contributed by atoms with Crippen molar-refractivity contribution in [2.45, 2.75) is 20.3 Å². The molecule has 0 spiro atoms. The molecule has 1 aromatic rings. The van der Waals surface area contributed by atoms with Crippen LogP contribution < -0.4 is 5.32 Å². The predicted octanol–water partition coefficient (Wildman–Crippen LogP) is 2.94. The van der Waals surface area contributed by atoms with Gasteiger partial charge in [-0.1, -0.05) is 15.9 Å². The average Bonchev–Trinajstić information content (AvgIpc) is 2.23. The topological polar surface area (TPSA) is 72.2 Å². The molecule has 6 heteroatoms. The maximum atomic E-state index is 11.4. The van der Waals surface area contributed by atoms with Crippen molar-refractivity contribution in [1.29, 1.82) is 0 Å². The Morgan fingerprint density at radius 1 is 1.41 bits per heavy atom. The van der Waals surface area contributed by atoms with Gasteiger partial charge < -0.3 is 5.32 Å². The third-order valence-corrected chi connectivity index (χ3v) is 2.80. The van der Waals surface area contributed by atoms with Crippen LogP contribution in [0.1, 0.15) is 17.5 Å². The molecule has 0 bridgehead atoms. The molecule has 0 atom stereocenters. The van der Waals surface area contributed by atoms with Gasteiger partial charge in [0.15, 0.2) is 0 Å². The molecule has 0 aromatic heterocycles. The Balaban J connectivity index is 3.08. The second-order valence-electron chi connectivity index (χ2n) is 3.70. The van der Waals surface area contributed by atoms with Crippen molar-refractivity contribution in [1.82, 2.24) is 0 Å². The zero-order chi connectivity index (χ0) is 13.0. The fraction of sp³-hybridized carbons (Fsp3) is 0.364. The van der Waals surface area contributed by atoms with E-state index in [-0.39, 0.29) is 23.7 Å². The second-order valence-corrected chi connectivity index (χ2v) is 4.49. The van der Waals surface area contributed by atoms with E-state index in [1.807, 2.05) is 6.92 Å². The predicted molar refractivity (Wildman–Crippen MR) is 69.6 cm³/mol. The van der Waals surface area contributed by atoms with Gasteiger partial charge in [0.05, 0.1) is 4.92 Å². The van der Waals surface area contributed by atoms with E-state index in [9.17, 15) is 14.9 Å². The summed E-state index contributed by atoms with van der Waals surface area (Å²) in [5.41, 5.74) is 1.92. The van der Waals surface area contributed by atoms with E-state index in [0.717, 1.165) is 11.1 Å². The molecule has 1 N–H and O–H groups in total. The van der Waals surface area contributed by atoms with Crippen LogP contribution in [0.15, 0.2) is 12.1 Å². The second kappa shape index (κ2) is 5.77. The molecule has 5 nitrogen and oxygen atoms in total. The summed E-state index contributed by atoms with van der Waals surface area (Å²) in [5.74, 6) is -0.242. The fourth-order valence-corrected chi connectivity index (χ4v) is 1.71. The van der Waals surface area contributed by atoms with Gasteiger partial charge in [0, 0.05) is 17.8 Å². The number of hydrogen-bond acceptors (Lipinski definition) is 3. The summed E-state index contributed by atoms with van der Waals surface area (Å²) in [6.07, 6.45) is 0.282. The SMILES string of the molecule is Cc1cc(NC(=O)CCBr)c([N+](=O)[O-])cc1C. The van der Waals surface area contributed by atoms with Crippen LogP contribution in [0, 0.1) is 24.0 Å². The molecular weight excluding hydrogens is 288 g/mol. The molecule has 92 valence electrons. The Kier molecular flexibility index (Phi) is 4.62. The van der Waals surface area contributed by atoms with Gasteiger partial charge >= 0.3 is 0 Å². The van der Waals surface area contributed by atoms with E-state index in [1.165, 1.54) is 6.07 Å². The number of halogens is 1. The molecule has 0 unspecified atom stereocenters. The van der Waals surface area contributed by atoms with Crippen molar-refractivity contribution in [3.63, 3.8) is 0 Å². The van der Waals surface area contributed by atoms with Crippen molar-refractivity contribution < 1.29 is 9.72 Å². The van der Waals surface area contributed by atoms with Crippen LogP contribution in [0.4, 0.5) is 11.4 Å². The summed E-state index contributed by atoms with van der Waals surface area (Å²) < 4.78 is 0. The Morgan fingerprint density at radius 3 is 2.53 bits per heavy atom. The smallest absolute Gasteiger partial charge is 0.293 e. The Bertz CT molecular complexity index is 460. The average molecular weight is 301 g/mol. The molecule has 17 heavy (non-hydrogen) atoms. The van der Waals surface area contributed by atoms with Crippen molar-refractivity contribution >= 4 is 33.2 Å². The Hall–Kier alpha value is -1.43. The summed E-state index contributed by atoms with van der Waals surface area (Å²) in [6, 6.07) is 3.10. The lowest BCUT2D eigenvalue weighted by molar-refractivity contribution is -0.384. The summed E-state index contributed by atoms with van der Waals surface area (Å²) in [7, 11) is 0. The van der Waals surface area contributed by atoms with Gasteiger partial charge in [0.1, 0.15) is 5.69 Å². The minimum Gasteiger partial charge on any atom is -0.320 e. The zero-order valence-electron chi connectivity index (χ0n) is 9.62. The van der Waals surface area contributed by atoms with Crippen LogP contribution in [0.3, 0.4) is 0 Å². The van der Waals surface area contributed by atoms with E-state index >= 15 is 0 Å². The molecule has 1 rings (SSSR count). The first-order valence-corrected chi connectivity index (χ1v) is 6.19. The number of nitro benzene ring substituents is 1. The van der Waals surface area contributed by atoms with Gasteiger partial charge in [-0.05, 0) is 31.0 Å². The summed E-state index contributed by atoms with van der Waals surface area (Å²) in [5, 5.41) is 13.9. The summed E-state index contributed by atoms with van der Waals surface area (Å²) in [4.78, 5) is 21.8. The molecular formula is C11H13BrN2O3. The number of amides is 1. The molecule has 0 aliphatic heterocycles. The van der Waals surface area contributed by atoms with Crippen molar-refractivity contribution in [2.75, 3.05) is 10.6 Å². The van der Waals surface area contributed by atoms with Crippen LogP contribution in [0.2, 0.25) is 0 Å². The number of alkyl halides is 1. The number of nitrogens with zero attached hydrogens (tertiary/aromatic N) is 1. The van der Waals surface area contributed by atoms with Gasteiger partial charge in [-0.15, -0.1) is 0 Å². The largest absolute Gasteiger partial charge is 0.320 e. The highest BCUT2D eigenvalue weighted by Crippen LogP contribution is 2.27. The molecule has 0 aliphatic carbocycles. The quantitative estimate of drug-likeness (QED) is 0.528. The van der Waals surface area contributed by atoms with E-state index in [4.69, 9.17) is 0 Å². The highest BCUT2D eigenvalue weighted by molar-refractivity contribution is 9.09. The third kappa shape index (κ3) is 3.52. The highest BCUT2D eigenvalue weighted by Gasteiger charge is 2.17. The minimum atomic E-state index is -0.490. The van der Waals surface area contributed by atoms with Crippen molar-refractivity contribution in [2.24, 2.45) is 0 Å². The monoisotopic (exact) mass is 300 g/mol. The molecule has 0 heterocycles. The van der Waals surface area contributed by atoms with Gasteiger partial charge in [-0.2, -0.15) is 0 Å². The lowest BCUT2D eigenvalue weighted by Crippen LogP contribution is -2.13. The molecule has 1 aromatic carbocycles. The number of carbonyl (C=O) groups is 1. The fourth-order valence-electron chi connectivity index (χ4n) is 1.35. The number of carbonyl (C=O) groups excluding carboxylic acids is 1. The van der Waals surface area contributed by atoms with Crippen LogP contribution in [0.5, 0.6) is 0 Å². The molecule has 1 amide bonds. The number of nitro groups is 1. The van der Waals surface area contributed by atoms with Crippen molar-refractivity contribution in [3.05, 3.63) is 33.4 Å². The number of rotatable bonds is 4. The van der Waals surface area contributed by atoms with Crippen LogP contribution in [-0.4, -0.2) is 16.2 Å². The molecule has 0 saturated heterocycles. The van der Waals surface area contributed by atoms with Crippen LogP contribution in [0.25, 0.3) is 0 Å². The maximum absolute atomic E-state index is 11.4. The zero-order valence-corrected chi connectivity index (χ0v) is 11.2. The van der Waals surface area contributed by atoms with Crippen molar-refractivity contribution in [3.8, 4) is 0 Å². The minimum absolute atomic E-state index is 0.0731. The number of aryl methyl sites for hydroxylation is 2. The number of nitrogens with one attached hydrogen (secondary N) is 1. The molecule has 0 fully saturated rings. The first kappa shape index (κ1) is 13.6. The van der Waals surface area contributed by atoms with Crippen LogP contribution >= 0.6 is 15.9 Å². The Morgan fingerprint density at radius 2 is 2.00 bits per heavy atom. The molecule has 0 aliphatic rings. The van der Waals surface area contributed by atoms with Crippen LogP contribution in [-0.2, 0) is 4.79 Å². The Labute approximate surface area is 107 Å². The van der Waals surface area contributed by atoms with Gasteiger partial charge in [-0.25, -0.2) is 0 Å². The van der Waals surface area contributed by atoms with E-state index in [2.05, 4.69) is 21.2 Å². The standard InChI is InChI=1S/C11H13BrN2O3/c1-7-5-9(13-11(15)3-4-12)10(14(16)17)6-8(7)2/h5-6H,3-4H2,1-2H3,(H,13,15). The van der Waals surface area contributed by atoms with Gasteiger partial charge in [0.2, 0.25) is 5.91 Å². The van der Waals surface area contributed by atoms with Gasteiger partial charge in [0.25, 0.3) is 5.69 Å². The molecule has 0 saturated carbocycles. The summed E-state index contributed by atoms with van der Waals surface area (Å²) in [6.45, 7) is 3.64. The summed E-state index contributed by atoms with van der Waals surface area (Å²) >= 11 is 3.14. The number of hydrogen-bond donors (Lipinski definition) is 1. The first-order chi connectivity index (χ1) is 7.95. The maximum Gasteiger partial charge on any atom is 0.293 e. The first-order valence-electron chi connectivity index (χ1n) is 5.07. The number of benzene rings is 1. The van der Waals surface area contributed by atoms with E-state index in [0.29, 0.717) is 5.33 Å². The number of anilines is 1. The third-order valence-electron chi connectivity index (χ3n) is 2.40. The lowest BCUT2D eigenvalue weighted by Gasteiger charge is -2.08. The van der Waals surface area contributed by atoms with E-state index < -0.39 is 4.92 Å². The van der Waals surface area contributed by atoms with Gasteiger partial charge in [-0.3, -0.25) is 14.9 Å².